The lowest BCUT2D eigenvalue weighted by molar-refractivity contribution is 0.104. The van der Waals surface area contributed by atoms with E-state index in [1.54, 1.807) is 0 Å². The summed E-state index contributed by atoms with van der Waals surface area (Å²) in [6.07, 6.45) is 1.33. The molecule has 0 bridgehead atoms. The molecule has 3 nitrogen and oxygen atoms in total. The fourth-order valence-corrected chi connectivity index (χ4v) is 2.44. The smallest absolute Gasteiger partial charge is 0.0348 e. The monoisotopic (exact) mass is 183 g/mol. The Hall–Kier alpha value is -0.120. The van der Waals surface area contributed by atoms with Crippen LogP contribution in [0.1, 0.15) is 13.3 Å². The second-order valence-electron chi connectivity index (χ2n) is 4.51. The van der Waals surface area contributed by atoms with Crippen LogP contribution in [0.3, 0.4) is 0 Å². The van der Waals surface area contributed by atoms with E-state index in [2.05, 4.69) is 29.1 Å². The molecule has 2 aliphatic rings. The average Bonchev–Trinajstić information content (AvgIpc) is 2.11. The van der Waals surface area contributed by atoms with Gasteiger partial charge in [0, 0.05) is 38.3 Å². The molecular weight excluding hydrogens is 162 g/mol. The highest BCUT2D eigenvalue weighted by atomic mass is 15.3. The van der Waals surface area contributed by atoms with E-state index in [4.69, 9.17) is 0 Å². The van der Waals surface area contributed by atoms with Crippen LogP contribution in [0, 0.1) is 0 Å². The highest BCUT2D eigenvalue weighted by molar-refractivity contribution is 4.89. The maximum Gasteiger partial charge on any atom is 0.0348 e. The summed E-state index contributed by atoms with van der Waals surface area (Å²) in [4.78, 5) is 5.14. The summed E-state index contributed by atoms with van der Waals surface area (Å²) in [6, 6.07) is 1.56. The molecule has 0 radical (unpaired) electrons. The molecule has 0 aromatic rings. The second kappa shape index (κ2) is 3.95. The summed E-state index contributed by atoms with van der Waals surface area (Å²) in [7, 11) is 2.24. The first-order chi connectivity index (χ1) is 6.27. The Morgan fingerprint density at radius 2 is 2.00 bits per heavy atom. The van der Waals surface area contributed by atoms with Crippen molar-refractivity contribution >= 4 is 0 Å². The molecule has 2 heterocycles. The van der Waals surface area contributed by atoms with Gasteiger partial charge < -0.3 is 10.2 Å². The molecule has 13 heavy (non-hydrogen) atoms. The van der Waals surface area contributed by atoms with E-state index in [1.807, 2.05) is 0 Å². The van der Waals surface area contributed by atoms with Crippen molar-refractivity contribution in [3.63, 3.8) is 0 Å². The maximum atomic E-state index is 3.36. The van der Waals surface area contributed by atoms with Crippen molar-refractivity contribution in [2.45, 2.75) is 25.4 Å². The van der Waals surface area contributed by atoms with Gasteiger partial charge in [0.2, 0.25) is 0 Å². The molecule has 0 aliphatic carbocycles. The third-order valence-electron chi connectivity index (χ3n) is 3.33. The van der Waals surface area contributed by atoms with Crippen LogP contribution in [0.15, 0.2) is 0 Å². The van der Waals surface area contributed by atoms with Gasteiger partial charge in [-0.2, -0.15) is 0 Å². The summed E-state index contributed by atoms with van der Waals surface area (Å²) in [5.74, 6) is 0. The predicted molar refractivity (Wildman–Crippen MR) is 54.9 cm³/mol. The van der Waals surface area contributed by atoms with Gasteiger partial charge in [-0.05, 0) is 26.9 Å². The van der Waals surface area contributed by atoms with Crippen molar-refractivity contribution in [3.05, 3.63) is 0 Å². The quantitative estimate of drug-likeness (QED) is 0.616. The zero-order chi connectivity index (χ0) is 9.26. The van der Waals surface area contributed by atoms with Gasteiger partial charge in [0.05, 0.1) is 0 Å². The molecule has 2 saturated heterocycles. The molecule has 2 fully saturated rings. The van der Waals surface area contributed by atoms with Crippen LogP contribution < -0.4 is 5.32 Å². The van der Waals surface area contributed by atoms with Crippen LogP contribution in [0.5, 0.6) is 0 Å². The Balaban J connectivity index is 1.92. The lowest BCUT2D eigenvalue weighted by atomic mass is 10.1. The fraction of sp³-hybridized carbons (Fsp3) is 1.00. The average molecular weight is 183 g/mol. The minimum atomic E-state index is 0.736. The molecule has 0 aromatic carbocycles. The standard InChI is InChI=1S/C10H21N3/c1-9-8-12(2)4-3-5-13(9)10-6-11-7-10/h9-11H,3-8H2,1-2H3. The zero-order valence-electron chi connectivity index (χ0n) is 8.79. The van der Waals surface area contributed by atoms with E-state index in [1.165, 1.54) is 39.1 Å². The van der Waals surface area contributed by atoms with Crippen molar-refractivity contribution in [1.29, 1.82) is 0 Å². The third kappa shape index (κ3) is 2.03. The summed E-state index contributed by atoms with van der Waals surface area (Å²) < 4.78 is 0. The first-order valence-corrected chi connectivity index (χ1v) is 5.42. The van der Waals surface area contributed by atoms with Crippen LogP contribution >= 0.6 is 0 Å². The van der Waals surface area contributed by atoms with Gasteiger partial charge in [0.15, 0.2) is 0 Å². The minimum Gasteiger partial charge on any atom is -0.314 e. The highest BCUT2D eigenvalue weighted by Gasteiger charge is 2.29. The Labute approximate surface area is 81.1 Å². The van der Waals surface area contributed by atoms with Crippen LogP contribution in [0.25, 0.3) is 0 Å². The minimum absolute atomic E-state index is 0.736. The number of hydrogen-bond acceptors (Lipinski definition) is 3. The second-order valence-corrected chi connectivity index (χ2v) is 4.51. The lowest BCUT2D eigenvalue weighted by Gasteiger charge is -2.41. The molecule has 0 spiro atoms. The van der Waals surface area contributed by atoms with Crippen LogP contribution in [-0.2, 0) is 0 Å². The molecule has 0 amide bonds. The van der Waals surface area contributed by atoms with Gasteiger partial charge in [0.25, 0.3) is 0 Å². The first-order valence-electron chi connectivity index (χ1n) is 5.42. The van der Waals surface area contributed by atoms with Gasteiger partial charge in [-0.1, -0.05) is 0 Å². The van der Waals surface area contributed by atoms with E-state index in [-0.39, 0.29) is 0 Å². The van der Waals surface area contributed by atoms with Gasteiger partial charge in [0.1, 0.15) is 0 Å². The van der Waals surface area contributed by atoms with Gasteiger partial charge >= 0.3 is 0 Å². The molecule has 3 heteroatoms. The van der Waals surface area contributed by atoms with Crippen molar-refractivity contribution in [3.8, 4) is 0 Å². The highest BCUT2D eigenvalue weighted by Crippen LogP contribution is 2.14. The summed E-state index contributed by atoms with van der Waals surface area (Å²) in [5.41, 5.74) is 0. The summed E-state index contributed by atoms with van der Waals surface area (Å²) in [6.45, 7) is 8.55. The SMILES string of the molecule is CC1CN(C)CCCN1C1CNC1. The van der Waals surface area contributed by atoms with Crippen LogP contribution in [0.4, 0.5) is 0 Å². The predicted octanol–water partition coefficient (Wildman–Crippen LogP) is -0.0158. The molecule has 2 aliphatic heterocycles. The topological polar surface area (TPSA) is 18.5 Å². The Morgan fingerprint density at radius 1 is 1.23 bits per heavy atom. The molecule has 0 aromatic heterocycles. The Bertz CT molecular complexity index is 168. The van der Waals surface area contributed by atoms with Gasteiger partial charge in [-0.15, -0.1) is 0 Å². The van der Waals surface area contributed by atoms with E-state index in [9.17, 15) is 0 Å². The molecule has 2 rings (SSSR count). The van der Waals surface area contributed by atoms with E-state index < -0.39 is 0 Å². The van der Waals surface area contributed by atoms with Crippen molar-refractivity contribution in [1.82, 2.24) is 15.1 Å². The third-order valence-corrected chi connectivity index (χ3v) is 3.33. The number of likely N-dealkylation sites (N-methyl/N-ethyl adjacent to an activating group) is 1. The molecule has 1 unspecified atom stereocenters. The number of nitrogens with zero attached hydrogens (tertiary/aromatic N) is 2. The summed E-state index contributed by atoms with van der Waals surface area (Å²) >= 11 is 0. The lowest BCUT2D eigenvalue weighted by Crippen LogP contribution is -2.60. The van der Waals surface area contributed by atoms with Crippen LogP contribution in [-0.4, -0.2) is 61.7 Å². The number of nitrogens with one attached hydrogen (secondary N) is 1. The molecule has 1 atom stereocenters. The normalized spacial score (nSPS) is 34.2. The van der Waals surface area contributed by atoms with E-state index >= 15 is 0 Å². The van der Waals surface area contributed by atoms with Gasteiger partial charge in [-0.25, -0.2) is 0 Å². The van der Waals surface area contributed by atoms with Crippen molar-refractivity contribution in [2.24, 2.45) is 0 Å². The maximum absolute atomic E-state index is 3.36. The Kier molecular flexibility index (Phi) is 2.86. The van der Waals surface area contributed by atoms with Crippen molar-refractivity contribution in [2.75, 3.05) is 39.8 Å². The molecule has 76 valence electrons. The fourth-order valence-electron chi connectivity index (χ4n) is 2.44. The first kappa shape index (κ1) is 9.44. The van der Waals surface area contributed by atoms with Crippen LogP contribution in [0.2, 0.25) is 0 Å². The number of rotatable bonds is 1. The number of hydrogen-bond donors (Lipinski definition) is 1. The largest absolute Gasteiger partial charge is 0.314 e. The van der Waals surface area contributed by atoms with Crippen molar-refractivity contribution < 1.29 is 0 Å². The zero-order valence-corrected chi connectivity index (χ0v) is 8.79. The van der Waals surface area contributed by atoms with E-state index in [0.29, 0.717) is 0 Å². The summed E-state index contributed by atoms with van der Waals surface area (Å²) in [5, 5.41) is 3.36. The van der Waals surface area contributed by atoms with Gasteiger partial charge in [-0.3, -0.25) is 4.90 Å². The van der Waals surface area contributed by atoms with E-state index in [0.717, 1.165) is 12.1 Å². The molecule has 1 N–H and O–H groups in total. The Morgan fingerprint density at radius 3 is 2.62 bits per heavy atom. The molecule has 0 saturated carbocycles. The molecular formula is C10H21N3.